The van der Waals surface area contributed by atoms with Crippen molar-refractivity contribution in [3.63, 3.8) is 0 Å². The first kappa shape index (κ1) is 18.0. The lowest BCUT2D eigenvalue weighted by molar-refractivity contribution is 0.380. The Kier molecular flexibility index (Phi) is 5.78. The summed E-state index contributed by atoms with van der Waals surface area (Å²) in [6, 6.07) is 11.2. The van der Waals surface area contributed by atoms with Gasteiger partial charge in [-0.15, -0.1) is 0 Å². The van der Waals surface area contributed by atoms with Crippen LogP contribution in [0.3, 0.4) is 0 Å². The van der Waals surface area contributed by atoms with Crippen LogP contribution in [-0.2, 0) is 0 Å². The lowest BCUT2D eigenvalue weighted by Crippen LogP contribution is -2.28. The monoisotopic (exact) mass is 336 g/mol. The normalized spacial score (nSPS) is 19.6. The molecule has 134 valence electrons. The van der Waals surface area contributed by atoms with Crippen molar-refractivity contribution in [3.8, 4) is 0 Å². The lowest BCUT2D eigenvalue weighted by Gasteiger charge is -2.22. The van der Waals surface area contributed by atoms with Gasteiger partial charge in [-0.3, -0.25) is 0 Å². The number of nitrogens with zero attached hydrogens (tertiary/aromatic N) is 1. The van der Waals surface area contributed by atoms with Crippen LogP contribution in [0, 0.1) is 5.41 Å². The van der Waals surface area contributed by atoms with Gasteiger partial charge >= 0.3 is 0 Å². The number of hydrogen-bond acceptors (Lipinski definition) is 2. The van der Waals surface area contributed by atoms with Crippen LogP contribution in [-0.4, -0.2) is 11.8 Å². The Hall–Kier alpha value is -1.83. The molecule has 3 rings (SSSR count). The van der Waals surface area contributed by atoms with E-state index in [4.69, 9.17) is 5.10 Å². The standard InChI is InChI=1S/C23H32N2/c1-23(2,3)20-15-14-18(16-20)17-22(19-10-6-4-7-11-19)25-24-21-12-8-5-9-13-21/h4,6-7,10-11,15-16,21,24H,5,8-9,12-14,17H2,1-3H3. The first-order valence-corrected chi connectivity index (χ1v) is 9.80. The van der Waals surface area contributed by atoms with Crippen LogP contribution in [0.2, 0.25) is 0 Å². The van der Waals surface area contributed by atoms with Gasteiger partial charge in [-0.1, -0.05) is 88.1 Å². The zero-order valence-corrected chi connectivity index (χ0v) is 16.0. The van der Waals surface area contributed by atoms with Crippen molar-refractivity contribution in [2.24, 2.45) is 10.5 Å². The molecule has 0 aromatic heterocycles. The van der Waals surface area contributed by atoms with Crippen LogP contribution in [0.25, 0.3) is 0 Å². The predicted molar refractivity (Wildman–Crippen MR) is 108 cm³/mol. The summed E-state index contributed by atoms with van der Waals surface area (Å²) in [5, 5.41) is 4.87. The molecule has 1 aromatic rings. The van der Waals surface area contributed by atoms with Crippen LogP contribution < -0.4 is 5.43 Å². The van der Waals surface area contributed by atoms with Gasteiger partial charge in [0.25, 0.3) is 0 Å². The summed E-state index contributed by atoms with van der Waals surface area (Å²) >= 11 is 0. The first-order chi connectivity index (χ1) is 12.0. The average Bonchev–Trinajstić information content (AvgIpc) is 3.09. The summed E-state index contributed by atoms with van der Waals surface area (Å²) in [4.78, 5) is 0. The molecule has 1 N–H and O–H groups in total. The Bertz CT molecular complexity index is 653. The van der Waals surface area contributed by atoms with Crippen LogP contribution in [0.5, 0.6) is 0 Å². The number of allylic oxidation sites excluding steroid dienone is 4. The fourth-order valence-electron chi connectivity index (χ4n) is 3.68. The molecule has 0 bridgehead atoms. The molecule has 0 amide bonds. The van der Waals surface area contributed by atoms with Crippen molar-refractivity contribution in [2.75, 3.05) is 0 Å². The summed E-state index contributed by atoms with van der Waals surface area (Å²) < 4.78 is 0. The fourth-order valence-corrected chi connectivity index (χ4v) is 3.68. The van der Waals surface area contributed by atoms with Gasteiger partial charge in [0.15, 0.2) is 0 Å². The molecule has 2 aliphatic rings. The molecule has 0 atom stereocenters. The molecule has 1 aromatic carbocycles. The second-order valence-electron chi connectivity index (χ2n) is 8.48. The van der Waals surface area contributed by atoms with Crippen LogP contribution in [0.4, 0.5) is 0 Å². The van der Waals surface area contributed by atoms with E-state index in [2.05, 4.69) is 68.7 Å². The fraction of sp³-hybridized carbons (Fsp3) is 0.522. The van der Waals surface area contributed by atoms with E-state index in [9.17, 15) is 0 Å². The number of rotatable bonds is 5. The van der Waals surface area contributed by atoms with Gasteiger partial charge in [0, 0.05) is 12.5 Å². The van der Waals surface area contributed by atoms with Crippen LogP contribution in [0.1, 0.15) is 71.3 Å². The average molecular weight is 337 g/mol. The third-order valence-corrected chi connectivity index (χ3v) is 5.30. The van der Waals surface area contributed by atoms with Gasteiger partial charge in [0.2, 0.25) is 0 Å². The minimum absolute atomic E-state index is 0.228. The van der Waals surface area contributed by atoms with Crippen molar-refractivity contribution < 1.29 is 0 Å². The van der Waals surface area contributed by atoms with E-state index in [0.29, 0.717) is 6.04 Å². The highest BCUT2D eigenvalue weighted by atomic mass is 15.3. The highest BCUT2D eigenvalue weighted by Gasteiger charge is 2.20. The van der Waals surface area contributed by atoms with Gasteiger partial charge < -0.3 is 5.43 Å². The summed E-state index contributed by atoms with van der Waals surface area (Å²) in [5.41, 5.74) is 9.03. The Balaban J connectivity index is 1.73. The topological polar surface area (TPSA) is 24.4 Å². The summed E-state index contributed by atoms with van der Waals surface area (Å²) in [5.74, 6) is 0. The second-order valence-corrected chi connectivity index (χ2v) is 8.48. The quantitative estimate of drug-likeness (QED) is 0.517. The molecule has 0 spiro atoms. The van der Waals surface area contributed by atoms with Gasteiger partial charge in [-0.2, -0.15) is 5.10 Å². The zero-order valence-electron chi connectivity index (χ0n) is 16.0. The molecule has 0 aliphatic heterocycles. The molecule has 2 heteroatoms. The first-order valence-electron chi connectivity index (χ1n) is 9.80. The van der Waals surface area contributed by atoms with Crippen LogP contribution in [0.15, 0.2) is 58.7 Å². The number of hydrazone groups is 1. The molecule has 0 unspecified atom stereocenters. The highest BCUT2D eigenvalue weighted by Crippen LogP contribution is 2.34. The van der Waals surface area contributed by atoms with Gasteiger partial charge in [0.1, 0.15) is 0 Å². The van der Waals surface area contributed by atoms with E-state index in [1.807, 2.05) is 0 Å². The van der Waals surface area contributed by atoms with Gasteiger partial charge in [0.05, 0.1) is 5.71 Å². The van der Waals surface area contributed by atoms with E-state index in [0.717, 1.165) is 12.8 Å². The van der Waals surface area contributed by atoms with Crippen molar-refractivity contribution in [1.82, 2.24) is 5.43 Å². The molecular weight excluding hydrogens is 304 g/mol. The second kappa shape index (κ2) is 8.03. The molecule has 25 heavy (non-hydrogen) atoms. The summed E-state index contributed by atoms with van der Waals surface area (Å²) in [6.45, 7) is 6.86. The largest absolute Gasteiger partial charge is 0.307 e. The molecule has 1 fully saturated rings. The number of benzene rings is 1. The molecule has 0 radical (unpaired) electrons. The molecule has 2 aliphatic carbocycles. The van der Waals surface area contributed by atoms with E-state index in [1.165, 1.54) is 54.5 Å². The molecule has 0 heterocycles. The Labute approximate surface area is 153 Å². The van der Waals surface area contributed by atoms with E-state index >= 15 is 0 Å². The molecule has 1 saturated carbocycles. The zero-order chi connectivity index (χ0) is 17.7. The van der Waals surface area contributed by atoms with Crippen molar-refractivity contribution in [1.29, 1.82) is 0 Å². The number of nitrogens with one attached hydrogen (secondary N) is 1. The third kappa shape index (κ3) is 5.07. The van der Waals surface area contributed by atoms with E-state index < -0.39 is 0 Å². The predicted octanol–water partition coefficient (Wildman–Crippen LogP) is 6.01. The van der Waals surface area contributed by atoms with Gasteiger partial charge in [-0.05, 0) is 35.8 Å². The Morgan fingerprint density at radius 3 is 2.44 bits per heavy atom. The third-order valence-electron chi connectivity index (χ3n) is 5.30. The smallest absolute Gasteiger partial charge is 0.0715 e. The van der Waals surface area contributed by atoms with Crippen molar-refractivity contribution in [2.45, 2.75) is 71.8 Å². The lowest BCUT2D eigenvalue weighted by atomic mass is 9.87. The minimum atomic E-state index is 0.228. The van der Waals surface area contributed by atoms with Crippen molar-refractivity contribution >= 4 is 5.71 Å². The van der Waals surface area contributed by atoms with E-state index in [1.54, 1.807) is 0 Å². The summed E-state index contributed by atoms with van der Waals surface area (Å²) in [6.07, 6.45) is 13.3. The minimum Gasteiger partial charge on any atom is -0.307 e. The van der Waals surface area contributed by atoms with Gasteiger partial charge in [-0.25, -0.2) is 0 Å². The molecule has 0 saturated heterocycles. The molecule has 2 nitrogen and oxygen atoms in total. The van der Waals surface area contributed by atoms with E-state index in [-0.39, 0.29) is 5.41 Å². The number of hydrogen-bond donors (Lipinski definition) is 1. The highest BCUT2D eigenvalue weighted by molar-refractivity contribution is 6.01. The summed E-state index contributed by atoms with van der Waals surface area (Å²) in [7, 11) is 0. The maximum atomic E-state index is 4.87. The van der Waals surface area contributed by atoms with Crippen molar-refractivity contribution in [3.05, 3.63) is 59.2 Å². The Morgan fingerprint density at radius 1 is 1.08 bits per heavy atom. The maximum Gasteiger partial charge on any atom is 0.0715 e. The SMILES string of the molecule is CC(C)(C)C1=CCC(CC(=NNC2CCCCC2)c2ccccc2)=C1. The maximum absolute atomic E-state index is 4.87. The Morgan fingerprint density at radius 2 is 1.80 bits per heavy atom. The molecular formula is C23H32N2. The van der Waals surface area contributed by atoms with Crippen LogP contribution >= 0.6 is 0 Å².